The van der Waals surface area contributed by atoms with E-state index in [1.54, 1.807) is 12.1 Å². The molecule has 0 bridgehead atoms. The molecule has 0 atom stereocenters. The van der Waals surface area contributed by atoms with Gasteiger partial charge in [0.05, 0.1) is 17.4 Å². The summed E-state index contributed by atoms with van der Waals surface area (Å²) in [5.74, 6) is 0.173. The Morgan fingerprint density at radius 1 is 1.04 bits per heavy atom. The number of hydrogen-bond donors (Lipinski definition) is 0. The van der Waals surface area contributed by atoms with Gasteiger partial charge in [0.2, 0.25) is 5.75 Å². The molecular weight excluding hydrogens is 393 g/mol. The summed E-state index contributed by atoms with van der Waals surface area (Å²) in [6, 6.07) is 11.3. The molecular formula is C20H16ClF3N2O2. The summed E-state index contributed by atoms with van der Waals surface area (Å²) in [5.41, 5.74) is 0.184. The monoisotopic (exact) mass is 408 g/mol. The second-order valence-corrected chi connectivity index (χ2v) is 6.82. The van der Waals surface area contributed by atoms with Gasteiger partial charge in [-0.1, -0.05) is 37.6 Å². The van der Waals surface area contributed by atoms with E-state index in [1.807, 2.05) is 12.1 Å². The van der Waals surface area contributed by atoms with Gasteiger partial charge in [-0.15, -0.1) is 0 Å². The third kappa shape index (κ3) is 4.20. The number of hydrogen-bond acceptors (Lipinski definition) is 3. The average molecular weight is 409 g/mol. The van der Waals surface area contributed by atoms with Crippen LogP contribution in [0.3, 0.4) is 0 Å². The Labute approximate surface area is 164 Å². The Bertz CT molecular complexity index is 1030. The van der Waals surface area contributed by atoms with Crippen molar-refractivity contribution >= 4 is 11.6 Å². The summed E-state index contributed by atoms with van der Waals surface area (Å²) in [5, 5.41) is 3.97. The summed E-state index contributed by atoms with van der Waals surface area (Å²) in [6.07, 6.45) is -3.21. The van der Waals surface area contributed by atoms with Crippen molar-refractivity contribution in [2.75, 3.05) is 0 Å². The highest BCUT2D eigenvalue weighted by atomic mass is 35.5. The van der Waals surface area contributed by atoms with Gasteiger partial charge in [-0.25, -0.2) is 0 Å². The first-order valence-corrected chi connectivity index (χ1v) is 8.78. The molecule has 0 saturated heterocycles. The fourth-order valence-electron chi connectivity index (χ4n) is 2.52. The van der Waals surface area contributed by atoms with Crippen LogP contribution in [0.5, 0.6) is 11.5 Å². The Balaban J connectivity index is 1.94. The minimum absolute atomic E-state index is 0.0417. The highest BCUT2D eigenvalue weighted by Crippen LogP contribution is 2.32. The van der Waals surface area contributed by atoms with E-state index >= 15 is 0 Å². The zero-order valence-corrected chi connectivity index (χ0v) is 15.8. The van der Waals surface area contributed by atoms with Gasteiger partial charge < -0.3 is 4.74 Å². The lowest BCUT2D eigenvalue weighted by Crippen LogP contribution is -2.22. The molecule has 0 radical (unpaired) electrons. The average Bonchev–Trinajstić information content (AvgIpc) is 2.65. The fourth-order valence-corrected chi connectivity index (χ4v) is 2.69. The van der Waals surface area contributed by atoms with Crippen molar-refractivity contribution in [3.05, 3.63) is 81.2 Å². The van der Waals surface area contributed by atoms with Crippen molar-refractivity contribution in [3.8, 4) is 17.2 Å². The molecule has 0 saturated carbocycles. The standard InChI is InChI=1S/C20H16ClF3N2O2/c1-12(2)13-3-7-15(8-4-13)26-19(27)18(17(21)11-25-26)28-16-9-5-14(6-10-16)20(22,23)24/h3-12H,1-2H3. The third-order valence-corrected chi connectivity index (χ3v) is 4.37. The molecule has 0 amide bonds. The zero-order valence-electron chi connectivity index (χ0n) is 15.0. The maximum Gasteiger partial charge on any atom is 0.416 e. The molecule has 2 aromatic carbocycles. The van der Waals surface area contributed by atoms with Crippen molar-refractivity contribution in [2.24, 2.45) is 0 Å². The normalized spacial score (nSPS) is 11.7. The van der Waals surface area contributed by atoms with E-state index in [2.05, 4.69) is 18.9 Å². The van der Waals surface area contributed by atoms with E-state index in [0.29, 0.717) is 11.6 Å². The van der Waals surface area contributed by atoms with Crippen LogP contribution in [-0.2, 0) is 6.18 Å². The van der Waals surface area contributed by atoms with Gasteiger partial charge in [-0.05, 0) is 47.9 Å². The number of benzene rings is 2. The first-order valence-electron chi connectivity index (χ1n) is 8.40. The van der Waals surface area contributed by atoms with Crippen molar-refractivity contribution in [1.82, 2.24) is 9.78 Å². The van der Waals surface area contributed by atoms with Crippen molar-refractivity contribution in [1.29, 1.82) is 0 Å². The van der Waals surface area contributed by atoms with Gasteiger partial charge in [0.1, 0.15) is 10.8 Å². The molecule has 0 fully saturated rings. The van der Waals surface area contributed by atoms with Gasteiger partial charge in [-0.3, -0.25) is 4.79 Å². The van der Waals surface area contributed by atoms with Gasteiger partial charge in [0.15, 0.2) is 0 Å². The molecule has 0 aliphatic carbocycles. The maximum absolute atomic E-state index is 12.8. The van der Waals surface area contributed by atoms with E-state index in [4.69, 9.17) is 16.3 Å². The minimum atomic E-state index is -4.46. The van der Waals surface area contributed by atoms with E-state index in [0.717, 1.165) is 34.5 Å². The summed E-state index contributed by atoms with van der Waals surface area (Å²) >= 11 is 6.03. The molecule has 0 N–H and O–H groups in total. The number of alkyl halides is 3. The van der Waals surface area contributed by atoms with Crippen LogP contribution in [0, 0.1) is 0 Å². The maximum atomic E-state index is 12.8. The number of nitrogens with zero attached hydrogens (tertiary/aromatic N) is 2. The van der Waals surface area contributed by atoms with Crippen molar-refractivity contribution in [3.63, 3.8) is 0 Å². The van der Waals surface area contributed by atoms with Crippen LogP contribution < -0.4 is 10.3 Å². The van der Waals surface area contributed by atoms with Crippen LogP contribution in [0.15, 0.2) is 59.5 Å². The van der Waals surface area contributed by atoms with Crippen LogP contribution in [0.1, 0.15) is 30.9 Å². The lowest BCUT2D eigenvalue weighted by Gasteiger charge is -2.12. The molecule has 0 aliphatic heterocycles. The number of ether oxygens (including phenoxy) is 1. The molecule has 8 heteroatoms. The van der Waals surface area contributed by atoms with Gasteiger partial charge in [0.25, 0.3) is 0 Å². The topological polar surface area (TPSA) is 44.1 Å². The smallest absolute Gasteiger partial charge is 0.416 e. The Hall–Kier alpha value is -2.80. The lowest BCUT2D eigenvalue weighted by molar-refractivity contribution is -0.137. The summed E-state index contributed by atoms with van der Waals surface area (Å²) < 4.78 is 44.6. The predicted octanol–water partition coefficient (Wildman–Crippen LogP) is 5.82. The SMILES string of the molecule is CC(C)c1ccc(-n2ncc(Cl)c(Oc3ccc(C(F)(F)F)cc3)c2=O)cc1. The molecule has 3 aromatic rings. The van der Waals surface area contributed by atoms with Gasteiger partial charge >= 0.3 is 11.7 Å². The Morgan fingerprint density at radius 3 is 2.18 bits per heavy atom. The second kappa shape index (κ2) is 7.67. The van der Waals surface area contributed by atoms with Crippen LogP contribution in [-0.4, -0.2) is 9.78 Å². The molecule has 1 heterocycles. The van der Waals surface area contributed by atoms with E-state index < -0.39 is 17.3 Å². The van der Waals surface area contributed by atoms with E-state index in [1.165, 1.54) is 6.20 Å². The molecule has 0 aliphatic rings. The molecule has 0 unspecified atom stereocenters. The Morgan fingerprint density at radius 2 is 1.64 bits per heavy atom. The number of rotatable bonds is 4. The molecule has 1 aromatic heterocycles. The van der Waals surface area contributed by atoms with Crippen LogP contribution >= 0.6 is 11.6 Å². The molecule has 4 nitrogen and oxygen atoms in total. The van der Waals surface area contributed by atoms with Crippen molar-refractivity contribution < 1.29 is 17.9 Å². The van der Waals surface area contributed by atoms with Gasteiger partial charge in [0, 0.05) is 0 Å². The first-order chi connectivity index (χ1) is 13.2. The third-order valence-electron chi connectivity index (χ3n) is 4.10. The largest absolute Gasteiger partial charge is 0.450 e. The van der Waals surface area contributed by atoms with E-state index in [-0.39, 0.29) is 16.5 Å². The minimum Gasteiger partial charge on any atom is -0.450 e. The summed E-state index contributed by atoms with van der Waals surface area (Å²) in [4.78, 5) is 12.8. The lowest BCUT2D eigenvalue weighted by atomic mass is 10.0. The van der Waals surface area contributed by atoms with Crippen LogP contribution in [0.2, 0.25) is 5.02 Å². The van der Waals surface area contributed by atoms with E-state index in [9.17, 15) is 18.0 Å². The second-order valence-electron chi connectivity index (χ2n) is 6.41. The highest BCUT2D eigenvalue weighted by Gasteiger charge is 2.30. The highest BCUT2D eigenvalue weighted by molar-refractivity contribution is 6.31. The van der Waals surface area contributed by atoms with Gasteiger partial charge in [-0.2, -0.15) is 23.0 Å². The molecule has 3 rings (SSSR count). The quantitative estimate of drug-likeness (QED) is 0.546. The number of aromatic nitrogens is 2. The first kappa shape index (κ1) is 19.9. The molecule has 28 heavy (non-hydrogen) atoms. The van der Waals surface area contributed by atoms with Crippen LogP contribution in [0.4, 0.5) is 13.2 Å². The van der Waals surface area contributed by atoms with Crippen LogP contribution in [0.25, 0.3) is 5.69 Å². The zero-order chi connectivity index (χ0) is 20.5. The Kier molecular flexibility index (Phi) is 5.47. The molecule has 0 spiro atoms. The fraction of sp³-hybridized carbons (Fsp3) is 0.200. The number of halogens is 4. The van der Waals surface area contributed by atoms with Crippen molar-refractivity contribution in [2.45, 2.75) is 25.9 Å². The predicted molar refractivity (Wildman–Crippen MR) is 100 cm³/mol. The summed E-state index contributed by atoms with van der Waals surface area (Å²) in [6.45, 7) is 4.11. The summed E-state index contributed by atoms with van der Waals surface area (Å²) in [7, 11) is 0. The molecule has 146 valence electrons.